The van der Waals surface area contributed by atoms with Crippen molar-refractivity contribution in [3.05, 3.63) is 34.3 Å². The molecule has 1 saturated heterocycles. The van der Waals surface area contributed by atoms with Gasteiger partial charge in [-0.05, 0) is 19.1 Å². The summed E-state index contributed by atoms with van der Waals surface area (Å²) in [4.78, 5) is 24.0. The van der Waals surface area contributed by atoms with Crippen molar-refractivity contribution >= 4 is 57.2 Å². The van der Waals surface area contributed by atoms with Gasteiger partial charge in [0.05, 0.1) is 46.6 Å². The molecule has 5 rings (SSSR count). The minimum Gasteiger partial charge on any atom is -0.394 e. The molecule has 1 unspecified atom stereocenters. The van der Waals surface area contributed by atoms with Gasteiger partial charge < -0.3 is 30.2 Å². The fourth-order valence-corrected chi connectivity index (χ4v) is 4.23. The van der Waals surface area contributed by atoms with Gasteiger partial charge in [0, 0.05) is 26.2 Å². The quantitative estimate of drug-likeness (QED) is 0.335. The third kappa shape index (κ3) is 3.83. The van der Waals surface area contributed by atoms with Crippen molar-refractivity contribution in [2.45, 2.75) is 26.1 Å². The van der Waals surface area contributed by atoms with Crippen LogP contribution in [0.2, 0.25) is 10.0 Å². The van der Waals surface area contributed by atoms with Crippen molar-refractivity contribution < 1.29 is 5.11 Å². The molecule has 0 amide bonds. The Bertz CT molecular complexity index is 1230. The number of anilines is 2. The van der Waals surface area contributed by atoms with Gasteiger partial charge in [0.15, 0.2) is 17.0 Å². The van der Waals surface area contributed by atoms with Crippen LogP contribution < -0.4 is 15.5 Å². The molecule has 3 aromatic heterocycles. The van der Waals surface area contributed by atoms with Crippen molar-refractivity contribution in [3.63, 3.8) is 0 Å². The average Bonchev–Trinajstić information content (AvgIpc) is 3.40. The maximum atomic E-state index is 9.82. The Morgan fingerprint density at radius 2 is 2.06 bits per heavy atom. The summed E-state index contributed by atoms with van der Waals surface area (Å²) in [5, 5.41) is 17.4. The fourth-order valence-electron chi connectivity index (χ4n) is 3.91. The third-order valence-electron chi connectivity index (χ3n) is 5.61. The van der Waals surface area contributed by atoms with E-state index in [1.165, 1.54) is 0 Å². The molecule has 0 radical (unpaired) electrons. The molecule has 10 nitrogen and oxygen atoms in total. The summed E-state index contributed by atoms with van der Waals surface area (Å²) in [6.07, 6.45) is 1.76. The van der Waals surface area contributed by atoms with Gasteiger partial charge in [0.25, 0.3) is 0 Å². The number of nitrogens with one attached hydrogen (secondary N) is 3. The molecule has 1 aliphatic rings. The van der Waals surface area contributed by atoms with Gasteiger partial charge in [0.2, 0.25) is 5.95 Å². The van der Waals surface area contributed by atoms with Crippen molar-refractivity contribution in [3.8, 4) is 0 Å². The van der Waals surface area contributed by atoms with Gasteiger partial charge in [0.1, 0.15) is 5.82 Å². The molecular formula is C20H23Cl2N9O. The number of hydrogen-bond acceptors (Lipinski definition) is 8. The Morgan fingerprint density at radius 1 is 1.22 bits per heavy atom. The first-order chi connectivity index (χ1) is 15.6. The monoisotopic (exact) mass is 475 g/mol. The van der Waals surface area contributed by atoms with Crippen LogP contribution in [0.4, 0.5) is 11.8 Å². The van der Waals surface area contributed by atoms with Crippen LogP contribution >= 0.6 is 23.2 Å². The Balaban J connectivity index is 1.49. The number of imidazole rings is 2. The highest BCUT2D eigenvalue weighted by Gasteiger charge is 2.26. The largest absolute Gasteiger partial charge is 0.394 e. The smallest absolute Gasteiger partial charge is 0.229 e. The highest BCUT2D eigenvalue weighted by Crippen LogP contribution is 2.28. The second-order valence-corrected chi connectivity index (χ2v) is 8.44. The molecule has 0 saturated carbocycles. The lowest BCUT2D eigenvalue weighted by atomic mass is 10.2. The van der Waals surface area contributed by atoms with Crippen LogP contribution in [0.25, 0.3) is 22.2 Å². The van der Waals surface area contributed by atoms with Gasteiger partial charge in [-0.3, -0.25) is 0 Å². The minimum absolute atomic E-state index is 0.0221. The van der Waals surface area contributed by atoms with Gasteiger partial charge in [-0.25, -0.2) is 9.97 Å². The van der Waals surface area contributed by atoms with Crippen molar-refractivity contribution in [2.24, 2.45) is 0 Å². The van der Waals surface area contributed by atoms with Crippen molar-refractivity contribution in [2.75, 3.05) is 36.5 Å². The summed E-state index contributed by atoms with van der Waals surface area (Å²) < 4.78 is 1.98. The zero-order chi connectivity index (χ0) is 22.2. The SMILES string of the molecule is CCn1cnc2c(NCc3nc4cc(Cl)c(Cl)cc4[nH]3)nc(N3CCNCC3CO)nc21. The van der Waals surface area contributed by atoms with E-state index in [1.807, 2.05) is 16.4 Å². The number of piperazine rings is 1. The van der Waals surface area contributed by atoms with Crippen LogP contribution in [0.15, 0.2) is 18.5 Å². The highest BCUT2D eigenvalue weighted by molar-refractivity contribution is 6.42. The van der Waals surface area contributed by atoms with Crippen LogP contribution in [0.1, 0.15) is 12.7 Å². The van der Waals surface area contributed by atoms with E-state index < -0.39 is 0 Å². The Morgan fingerprint density at radius 3 is 2.88 bits per heavy atom. The van der Waals surface area contributed by atoms with Gasteiger partial charge in [-0.2, -0.15) is 9.97 Å². The number of aryl methyl sites for hydroxylation is 1. The summed E-state index contributed by atoms with van der Waals surface area (Å²) in [5.41, 5.74) is 2.99. The van der Waals surface area contributed by atoms with E-state index in [4.69, 9.17) is 33.2 Å². The molecule has 1 fully saturated rings. The molecule has 168 valence electrons. The van der Waals surface area contributed by atoms with Crippen molar-refractivity contribution in [1.29, 1.82) is 0 Å². The third-order valence-corrected chi connectivity index (χ3v) is 6.33. The van der Waals surface area contributed by atoms with Gasteiger partial charge in [-0.1, -0.05) is 23.2 Å². The van der Waals surface area contributed by atoms with Crippen molar-refractivity contribution in [1.82, 2.24) is 34.8 Å². The van der Waals surface area contributed by atoms with Crippen LogP contribution in [0.3, 0.4) is 0 Å². The highest BCUT2D eigenvalue weighted by atomic mass is 35.5. The summed E-state index contributed by atoms with van der Waals surface area (Å²) in [7, 11) is 0. The molecule has 0 bridgehead atoms. The number of aliphatic hydroxyl groups excluding tert-OH is 1. The zero-order valence-electron chi connectivity index (χ0n) is 17.4. The number of aromatic amines is 1. The molecule has 0 aliphatic carbocycles. The molecule has 4 N–H and O–H groups in total. The van der Waals surface area contributed by atoms with E-state index in [1.54, 1.807) is 18.5 Å². The molecule has 32 heavy (non-hydrogen) atoms. The Kier molecular flexibility index (Phi) is 5.76. The lowest BCUT2D eigenvalue weighted by molar-refractivity contribution is 0.245. The number of hydrogen-bond donors (Lipinski definition) is 4. The maximum absolute atomic E-state index is 9.82. The number of rotatable bonds is 6. The first-order valence-electron chi connectivity index (χ1n) is 10.5. The van der Waals surface area contributed by atoms with Crippen LogP contribution in [0.5, 0.6) is 0 Å². The topological polar surface area (TPSA) is 120 Å². The fraction of sp³-hybridized carbons (Fsp3) is 0.400. The lowest BCUT2D eigenvalue weighted by Gasteiger charge is -2.35. The standard InChI is InChI=1S/C20H23Cl2N9O/c1-2-30-10-25-17-18(24-8-16-26-14-5-12(21)13(22)6-15(14)27-16)28-20(29-19(17)30)31-4-3-23-7-11(31)9-32/h5-6,10-11,23,32H,2-4,7-9H2,1H3,(H,26,27)(H,24,28,29). The number of H-pyrrole nitrogens is 1. The normalized spacial score (nSPS) is 16.9. The van der Waals surface area contributed by atoms with E-state index in [2.05, 4.69) is 25.6 Å². The minimum atomic E-state index is -0.0862. The molecule has 4 heterocycles. The summed E-state index contributed by atoms with van der Waals surface area (Å²) in [6, 6.07) is 3.42. The van der Waals surface area contributed by atoms with Gasteiger partial charge >= 0.3 is 0 Å². The summed E-state index contributed by atoms with van der Waals surface area (Å²) in [5.74, 6) is 1.90. The molecule has 0 spiro atoms. The second kappa shape index (κ2) is 8.70. The van der Waals surface area contributed by atoms with E-state index in [-0.39, 0.29) is 12.6 Å². The maximum Gasteiger partial charge on any atom is 0.229 e. The molecule has 12 heteroatoms. The average molecular weight is 476 g/mol. The zero-order valence-corrected chi connectivity index (χ0v) is 19.0. The van der Waals surface area contributed by atoms with Crippen LogP contribution in [-0.4, -0.2) is 66.9 Å². The number of halogens is 2. The van der Waals surface area contributed by atoms with E-state index in [0.717, 1.165) is 35.6 Å². The number of fused-ring (bicyclic) bond motifs is 2. The van der Waals surface area contributed by atoms with Crippen LogP contribution in [-0.2, 0) is 13.1 Å². The summed E-state index contributed by atoms with van der Waals surface area (Å²) >= 11 is 12.2. The predicted octanol–water partition coefficient (Wildman–Crippen LogP) is 2.41. The first-order valence-corrected chi connectivity index (χ1v) is 11.2. The first kappa shape index (κ1) is 21.2. The second-order valence-electron chi connectivity index (χ2n) is 7.63. The van der Waals surface area contributed by atoms with E-state index in [0.29, 0.717) is 47.0 Å². The molecule has 1 atom stereocenters. The number of aromatic nitrogens is 6. The molecule has 1 aromatic carbocycles. The number of nitrogens with zero attached hydrogens (tertiary/aromatic N) is 6. The number of benzene rings is 1. The van der Waals surface area contributed by atoms with E-state index >= 15 is 0 Å². The number of aliphatic hydroxyl groups is 1. The Hall–Kier alpha value is -2.66. The predicted molar refractivity (Wildman–Crippen MR) is 126 cm³/mol. The van der Waals surface area contributed by atoms with Gasteiger partial charge in [-0.15, -0.1) is 0 Å². The van der Waals surface area contributed by atoms with E-state index in [9.17, 15) is 5.11 Å². The lowest BCUT2D eigenvalue weighted by Crippen LogP contribution is -2.53. The molecular weight excluding hydrogens is 453 g/mol. The Labute approximate surface area is 194 Å². The molecule has 4 aromatic rings. The molecule has 1 aliphatic heterocycles. The van der Waals surface area contributed by atoms with Crippen LogP contribution in [0, 0.1) is 0 Å². The summed E-state index contributed by atoms with van der Waals surface area (Å²) in [6.45, 7) is 5.40.